The van der Waals surface area contributed by atoms with Gasteiger partial charge in [0.1, 0.15) is 0 Å². The molecule has 1 aromatic rings. The number of hydrogen-bond acceptors (Lipinski definition) is 4. The number of piperazine rings is 1. The number of rotatable bonds is 7. The van der Waals surface area contributed by atoms with Gasteiger partial charge in [0.05, 0.1) is 6.04 Å². The normalized spacial score (nSPS) is 17.5. The topological polar surface area (TPSA) is 33.7 Å². The summed E-state index contributed by atoms with van der Waals surface area (Å²) in [5.74, 6) is 0. The number of benzene rings is 1. The fraction of sp³-hybridized carbons (Fsp3) is 0.625. The van der Waals surface area contributed by atoms with Crippen molar-refractivity contribution in [3.63, 3.8) is 0 Å². The molecule has 0 spiro atoms. The van der Waals surface area contributed by atoms with Crippen LogP contribution in [0.25, 0.3) is 0 Å². The third-order valence-corrected chi connectivity index (χ3v) is 3.97. The summed E-state index contributed by atoms with van der Waals surface area (Å²) in [5, 5.41) is 3.40. The molecule has 4 nitrogen and oxygen atoms in total. The summed E-state index contributed by atoms with van der Waals surface area (Å²) in [6.45, 7) is 4.20. The van der Waals surface area contributed by atoms with E-state index in [0.29, 0.717) is 6.04 Å². The Morgan fingerprint density at radius 3 is 2.29 bits per heavy atom. The Balaban J connectivity index is 0.00000220. The predicted molar refractivity (Wildman–Crippen MR) is 88.0 cm³/mol. The number of hydrogen-bond donors (Lipinski definition) is 1. The van der Waals surface area contributed by atoms with Crippen molar-refractivity contribution < 1.29 is 9.47 Å². The van der Waals surface area contributed by atoms with Crippen LogP contribution in [0.5, 0.6) is 0 Å². The van der Waals surface area contributed by atoms with Gasteiger partial charge in [-0.25, -0.2) is 0 Å². The summed E-state index contributed by atoms with van der Waals surface area (Å²) in [5.41, 5.74) is 1.37. The van der Waals surface area contributed by atoms with Gasteiger partial charge in [-0.1, -0.05) is 30.3 Å². The Kier molecular flexibility index (Phi) is 8.88. The number of nitrogens with zero attached hydrogens (tertiary/aromatic N) is 1. The molecule has 2 rings (SSSR count). The first kappa shape index (κ1) is 18.4. The summed E-state index contributed by atoms with van der Waals surface area (Å²) in [6, 6.07) is 10.9. The van der Waals surface area contributed by atoms with E-state index in [-0.39, 0.29) is 18.7 Å². The molecule has 1 aliphatic heterocycles. The van der Waals surface area contributed by atoms with E-state index in [1.54, 1.807) is 14.2 Å². The molecular weight excluding hydrogens is 288 g/mol. The molecule has 1 unspecified atom stereocenters. The second-order valence-electron chi connectivity index (χ2n) is 5.22. The molecule has 0 aliphatic carbocycles. The molecule has 120 valence electrons. The van der Waals surface area contributed by atoms with Gasteiger partial charge in [0.15, 0.2) is 6.29 Å². The zero-order valence-corrected chi connectivity index (χ0v) is 13.8. The van der Waals surface area contributed by atoms with Crippen LogP contribution in [0.4, 0.5) is 0 Å². The molecule has 0 amide bonds. The Hall–Kier alpha value is -0.650. The Morgan fingerprint density at radius 2 is 1.71 bits per heavy atom. The lowest BCUT2D eigenvalue weighted by molar-refractivity contribution is -0.149. The maximum Gasteiger partial charge on any atom is 0.172 e. The molecule has 1 aromatic carbocycles. The zero-order valence-electron chi connectivity index (χ0n) is 13.0. The van der Waals surface area contributed by atoms with Gasteiger partial charge in [-0.2, -0.15) is 0 Å². The summed E-state index contributed by atoms with van der Waals surface area (Å²) in [4.78, 5) is 2.48. The minimum atomic E-state index is -0.156. The summed E-state index contributed by atoms with van der Waals surface area (Å²) < 4.78 is 11.0. The van der Waals surface area contributed by atoms with Crippen molar-refractivity contribution in [1.29, 1.82) is 0 Å². The van der Waals surface area contributed by atoms with Gasteiger partial charge < -0.3 is 14.8 Å². The van der Waals surface area contributed by atoms with Crippen LogP contribution in [0.15, 0.2) is 30.3 Å². The van der Waals surface area contributed by atoms with Crippen LogP contribution in [0, 0.1) is 0 Å². The molecule has 0 radical (unpaired) electrons. The highest BCUT2D eigenvalue weighted by molar-refractivity contribution is 5.85. The van der Waals surface area contributed by atoms with Gasteiger partial charge >= 0.3 is 0 Å². The van der Waals surface area contributed by atoms with Crippen molar-refractivity contribution in [3.8, 4) is 0 Å². The van der Waals surface area contributed by atoms with Gasteiger partial charge in [-0.05, 0) is 18.4 Å². The first-order valence-electron chi connectivity index (χ1n) is 7.39. The lowest BCUT2D eigenvalue weighted by Gasteiger charge is -2.38. The number of ether oxygens (including phenoxy) is 2. The molecule has 1 fully saturated rings. The Labute approximate surface area is 134 Å². The minimum absolute atomic E-state index is 0. The van der Waals surface area contributed by atoms with Crippen molar-refractivity contribution in [2.45, 2.75) is 25.2 Å². The highest BCUT2D eigenvalue weighted by Gasteiger charge is 2.28. The molecule has 0 aromatic heterocycles. The average Bonchev–Trinajstić information content (AvgIpc) is 2.53. The van der Waals surface area contributed by atoms with E-state index < -0.39 is 0 Å². The molecule has 1 N–H and O–H groups in total. The standard InChI is InChI=1S/C16H26N2O2.ClH/c1-19-16(20-2)15(18-12-10-17-11-13-18)9-8-14-6-4-3-5-7-14;/h3-7,15-17H,8-13H2,1-2H3;1H. The molecule has 1 atom stereocenters. The molecule has 0 saturated carbocycles. The van der Waals surface area contributed by atoms with Crippen LogP contribution < -0.4 is 5.32 Å². The fourth-order valence-electron chi connectivity index (χ4n) is 2.87. The van der Waals surface area contributed by atoms with E-state index in [1.165, 1.54) is 5.56 Å². The van der Waals surface area contributed by atoms with Gasteiger partial charge in [0, 0.05) is 40.4 Å². The van der Waals surface area contributed by atoms with E-state index in [9.17, 15) is 0 Å². The van der Waals surface area contributed by atoms with Crippen LogP contribution in [0.2, 0.25) is 0 Å². The fourth-order valence-corrected chi connectivity index (χ4v) is 2.87. The smallest absolute Gasteiger partial charge is 0.172 e. The maximum atomic E-state index is 5.52. The van der Waals surface area contributed by atoms with E-state index in [0.717, 1.165) is 39.0 Å². The van der Waals surface area contributed by atoms with Gasteiger partial charge in [0.25, 0.3) is 0 Å². The Morgan fingerprint density at radius 1 is 1.10 bits per heavy atom. The van der Waals surface area contributed by atoms with Gasteiger partial charge in [-0.15, -0.1) is 12.4 Å². The summed E-state index contributed by atoms with van der Waals surface area (Å²) in [7, 11) is 3.46. The molecule has 1 saturated heterocycles. The van der Waals surface area contributed by atoms with E-state index in [4.69, 9.17) is 9.47 Å². The lowest BCUT2D eigenvalue weighted by Crippen LogP contribution is -2.53. The van der Waals surface area contributed by atoms with E-state index in [2.05, 4.69) is 40.5 Å². The summed E-state index contributed by atoms with van der Waals surface area (Å²) >= 11 is 0. The molecule has 1 heterocycles. The Bertz CT molecular complexity index is 368. The van der Waals surface area contributed by atoms with E-state index in [1.807, 2.05) is 0 Å². The second kappa shape index (κ2) is 10.1. The predicted octanol–water partition coefficient (Wildman–Crippen LogP) is 1.93. The third kappa shape index (κ3) is 5.57. The van der Waals surface area contributed by atoms with Crippen LogP contribution in [-0.2, 0) is 15.9 Å². The number of aryl methyl sites for hydroxylation is 1. The molecule has 5 heteroatoms. The first-order valence-corrected chi connectivity index (χ1v) is 7.39. The molecule has 0 bridgehead atoms. The molecule has 1 aliphatic rings. The minimum Gasteiger partial charge on any atom is -0.354 e. The van der Waals surface area contributed by atoms with E-state index >= 15 is 0 Å². The van der Waals surface area contributed by atoms with Gasteiger partial charge in [-0.3, -0.25) is 4.90 Å². The number of methoxy groups -OCH3 is 2. The molecule has 21 heavy (non-hydrogen) atoms. The lowest BCUT2D eigenvalue weighted by atomic mass is 10.0. The van der Waals surface area contributed by atoms with Crippen LogP contribution >= 0.6 is 12.4 Å². The van der Waals surface area contributed by atoms with Crippen molar-refractivity contribution in [2.24, 2.45) is 0 Å². The maximum absolute atomic E-state index is 5.52. The number of nitrogens with one attached hydrogen (secondary N) is 1. The SMILES string of the molecule is COC(OC)C(CCc1ccccc1)N1CCNCC1.Cl. The third-order valence-electron chi connectivity index (χ3n) is 3.97. The highest BCUT2D eigenvalue weighted by Crippen LogP contribution is 2.16. The number of halogens is 1. The second-order valence-corrected chi connectivity index (χ2v) is 5.22. The quantitative estimate of drug-likeness (QED) is 0.780. The largest absolute Gasteiger partial charge is 0.354 e. The first-order chi connectivity index (χ1) is 9.85. The van der Waals surface area contributed by atoms with Crippen LogP contribution in [-0.4, -0.2) is 57.6 Å². The van der Waals surface area contributed by atoms with Crippen molar-refractivity contribution >= 4 is 12.4 Å². The monoisotopic (exact) mass is 314 g/mol. The van der Waals surface area contributed by atoms with Crippen molar-refractivity contribution in [2.75, 3.05) is 40.4 Å². The van der Waals surface area contributed by atoms with Crippen molar-refractivity contribution in [1.82, 2.24) is 10.2 Å². The van der Waals surface area contributed by atoms with Crippen molar-refractivity contribution in [3.05, 3.63) is 35.9 Å². The average molecular weight is 315 g/mol. The zero-order chi connectivity index (χ0) is 14.2. The van der Waals surface area contributed by atoms with Crippen LogP contribution in [0.1, 0.15) is 12.0 Å². The summed E-state index contributed by atoms with van der Waals surface area (Å²) in [6.07, 6.45) is 1.95. The molecular formula is C16H27ClN2O2. The van der Waals surface area contributed by atoms with Crippen LogP contribution in [0.3, 0.4) is 0 Å². The highest BCUT2D eigenvalue weighted by atomic mass is 35.5. The van der Waals surface area contributed by atoms with Gasteiger partial charge in [0.2, 0.25) is 0 Å².